The molecule has 1 atom stereocenters. The summed E-state index contributed by atoms with van der Waals surface area (Å²) in [5.74, 6) is 0.138. The number of hydrogen-bond donors (Lipinski definition) is 1. The summed E-state index contributed by atoms with van der Waals surface area (Å²) in [4.78, 5) is 11.5. The molecule has 0 spiro atoms. The van der Waals surface area contributed by atoms with Crippen molar-refractivity contribution in [2.45, 2.75) is 20.5 Å². The number of ether oxygens (including phenoxy) is 1. The zero-order chi connectivity index (χ0) is 12.7. The molecule has 0 fully saturated rings. The van der Waals surface area contributed by atoms with Gasteiger partial charge >= 0.3 is 6.09 Å². The highest BCUT2D eigenvalue weighted by atomic mass is 16.5. The molecule has 0 bridgehead atoms. The number of carbonyl (C=O) groups excluding carboxylic acids is 1. The molecule has 0 heterocycles. The maximum absolute atomic E-state index is 11.5. The van der Waals surface area contributed by atoms with E-state index in [1.807, 2.05) is 44.2 Å². The Morgan fingerprint density at radius 1 is 1.47 bits per heavy atom. The van der Waals surface area contributed by atoms with Crippen molar-refractivity contribution in [3.8, 4) is 0 Å². The lowest BCUT2D eigenvalue weighted by Crippen LogP contribution is -2.30. The van der Waals surface area contributed by atoms with E-state index in [4.69, 9.17) is 4.74 Å². The van der Waals surface area contributed by atoms with Crippen LogP contribution in [-0.2, 0) is 11.3 Å². The van der Waals surface area contributed by atoms with E-state index in [1.165, 1.54) is 0 Å². The molecule has 0 unspecified atom stereocenters. The number of hydrogen-bond acceptors (Lipinski definition) is 2. The summed E-state index contributed by atoms with van der Waals surface area (Å²) >= 11 is 0. The maximum atomic E-state index is 11.5. The first-order valence-corrected chi connectivity index (χ1v) is 5.57. The Morgan fingerprint density at radius 3 is 2.71 bits per heavy atom. The Labute approximate surface area is 102 Å². The van der Waals surface area contributed by atoms with Gasteiger partial charge < -0.3 is 10.1 Å². The Kier molecular flexibility index (Phi) is 5.27. The number of amides is 1. The molecule has 1 aromatic rings. The SMILES string of the molecule is C=C[C@@H](C)[C](C)NC(=O)OCc1ccccc1. The van der Waals surface area contributed by atoms with Crippen LogP contribution in [0.3, 0.4) is 0 Å². The molecule has 0 saturated carbocycles. The average molecular weight is 232 g/mol. The van der Waals surface area contributed by atoms with Gasteiger partial charge in [0.2, 0.25) is 0 Å². The molecular formula is C14H18NO2. The molecular weight excluding hydrogens is 214 g/mol. The van der Waals surface area contributed by atoms with E-state index < -0.39 is 6.09 Å². The average Bonchev–Trinajstić information content (AvgIpc) is 2.36. The lowest BCUT2D eigenvalue weighted by molar-refractivity contribution is 0.139. The van der Waals surface area contributed by atoms with Crippen LogP contribution in [0.25, 0.3) is 0 Å². The second-order valence-corrected chi connectivity index (χ2v) is 3.89. The van der Waals surface area contributed by atoms with Crippen LogP contribution in [0.2, 0.25) is 0 Å². The van der Waals surface area contributed by atoms with Crippen molar-refractivity contribution in [2.24, 2.45) is 5.92 Å². The monoisotopic (exact) mass is 232 g/mol. The highest BCUT2D eigenvalue weighted by molar-refractivity contribution is 5.68. The summed E-state index contributed by atoms with van der Waals surface area (Å²) in [6, 6.07) is 10.4. The first-order chi connectivity index (χ1) is 8.13. The van der Waals surface area contributed by atoms with Crippen molar-refractivity contribution < 1.29 is 9.53 Å². The number of alkyl carbamates (subject to hydrolysis) is 1. The van der Waals surface area contributed by atoms with Crippen molar-refractivity contribution in [2.75, 3.05) is 0 Å². The Hall–Kier alpha value is -1.77. The van der Waals surface area contributed by atoms with Gasteiger partial charge in [-0.2, -0.15) is 0 Å². The minimum absolute atomic E-state index is 0.138. The van der Waals surface area contributed by atoms with Gasteiger partial charge in [0, 0.05) is 0 Å². The zero-order valence-electron chi connectivity index (χ0n) is 10.3. The van der Waals surface area contributed by atoms with E-state index in [2.05, 4.69) is 11.9 Å². The van der Waals surface area contributed by atoms with E-state index in [9.17, 15) is 4.79 Å². The summed E-state index contributed by atoms with van der Waals surface area (Å²) in [6.45, 7) is 7.75. The van der Waals surface area contributed by atoms with Crippen LogP contribution >= 0.6 is 0 Å². The Bertz CT molecular complexity index is 362. The second-order valence-electron chi connectivity index (χ2n) is 3.89. The number of nitrogens with one attached hydrogen (secondary N) is 1. The number of benzene rings is 1. The molecule has 91 valence electrons. The first-order valence-electron chi connectivity index (χ1n) is 5.57. The molecule has 0 aliphatic carbocycles. The van der Waals surface area contributed by atoms with Gasteiger partial charge in [0.1, 0.15) is 6.61 Å². The van der Waals surface area contributed by atoms with Crippen LogP contribution < -0.4 is 5.32 Å². The van der Waals surface area contributed by atoms with Crippen LogP contribution in [0.4, 0.5) is 4.79 Å². The predicted octanol–water partition coefficient (Wildman–Crippen LogP) is 3.29. The molecule has 1 radical (unpaired) electrons. The third-order valence-electron chi connectivity index (χ3n) is 2.55. The van der Waals surface area contributed by atoms with E-state index >= 15 is 0 Å². The summed E-state index contributed by atoms with van der Waals surface area (Å²) in [6.07, 6.45) is 1.34. The number of rotatable bonds is 5. The molecule has 3 heteroatoms. The van der Waals surface area contributed by atoms with E-state index in [-0.39, 0.29) is 12.5 Å². The zero-order valence-corrected chi connectivity index (χ0v) is 10.3. The standard InChI is InChI=1S/C14H18NO2/c1-4-11(2)12(3)15-14(16)17-10-13-8-6-5-7-9-13/h4-9,11H,1,10H2,2-3H3,(H,15,16)/t11-/m1/s1. The molecule has 0 saturated heterocycles. The first kappa shape index (κ1) is 13.3. The van der Waals surface area contributed by atoms with Gasteiger partial charge in [-0.05, 0) is 18.4 Å². The van der Waals surface area contributed by atoms with Crippen LogP contribution in [-0.4, -0.2) is 6.09 Å². The largest absolute Gasteiger partial charge is 0.445 e. The smallest absolute Gasteiger partial charge is 0.407 e. The van der Waals surface area contributed by atoms with Crippen LogP contribution in [0.5, 0.6) is 0 Å². The summed E-state index contributed by atoms with van der Waals surface area (Å²) in [7, 11) is 0. The molecule has 3 nitrogen and oxygen atoms in total. The van der Waals surface area contributed by atoms with Crippen LogP contribution in [0.15, 0.2) is 43.0 Å². The summed E-state index contributed by atoms with van der Waals surface area (Å²) in [5.41, 5.74) is 0.970. The highest BCUT2D eigenvalue weighted by Gasteiger charge is 2.13. The highest BCUT2D eigenvalue weighted by Crippen LogP contribution is 2.10. The van der Waals surface area contributed by atoms with Crippen molar-refractivity contribution in [1.82, 2.24) is 5.32 Å². The Balaban J connectivity index is 2.33. The van der Waals surface area contributed by atoms with Gasteiger partial charge in [0.05, 0.1) is 6.04 Å². The lowest BCUT2D eigenvalue weighted by Gasteiger charge is -2.16. The fraction of sp³-hybridized carbons (Fsp3) is 0.286. The third-order valence-corrected chi connectivity index (χ3v) is 2.55. The molecule has 1 rings (SSSR count). The lowest BCUT2D eigenvalue weighted by atomic mass is 10.1. The maximum Gasteiger partial charge on any atom is 0.407 e. The van der Waals surface area contributed by atoms with E-state index in [0.29, 0.717) is 0 Å². The quantitative estimate of drug-likeness (QED) is 0.791. The van der Waals surface area contributed by atoms with E-state index in [0.717, 1.165) is 11.6 Å². The summed E-state index contributed by atoms with van der Waals surface area (Å²) in [5, 5.41) is 2.69. The second kappa shape index (κ2) is 6.74. The molecule has 1 amide bonds. The molecule has 17 heavy (non-hydrogen) atoms. The number of carbonyl (C=O) groups is 1. The van der Waals surface area contributed by atoms with Gasteiger partial charge in [0.15, 0.2) is 0 Å². The van der Waals surface area contributed by atoms with Gasteiger partial charge in [-0.1, -0.05) is 43.3 Å². The van der Waals surface area contributed by atoms with Crippen molar-refractivity contribution in [3.63, 3.8) is 0 Å². The van der Waals surface area contributed by atoms with Crippen LogP contribution in [0.1, 0.15) is 19.4 Å². The van der Waals surface area contributed by atoms with Gasteiger partial charge in [0.25, 0.3) is 0 Å². The van der Waals surface area contributed by atoms with Crippen molar-refractivity contribution >= 4 is 6.09 Å². The Morgan fingerprint density at radius 2 is 2.12 bits per heavy atom. The normalized spacial score (nSPS) is 11.9. The molecule has 1 N–H and O–H groups in total. The van der Waals surface area contributed by atoms with Gasteiger partial charge in [-0.3, -0.25) is 0 Å². The van der Waals surface area contributed by atoms with Gasteiger partial charge in [-0.15, -0.1) is 6.58 Å². The van der Waals surface area contributed by atoms with Crippen LogP contribution in [0, 0.1) is 12.0 Å². The minimum atomic E-state index is -0.431. The molecule has 0 aliphatic heterocycles. The molecule has 0 aromatic heterocycles. The van der Waals surface area contributed by atoms with Crippen molar-refractivity contribution in [1.29, 1.82) is 0 Å². The predicted molar refractivity (Wildman–Crippen MR) is 68.0 cm³/mol. The molecule has 0 aliphatic rings. The topological polar surface area (TPSA) is 38.3 Å². The minimum Gasteiger partial charge on any atom is -0.445 e. The third kappa shape index (κ3) is 4.72. The molecule has 1 aromatic carbocycles. The fourth-order valence-electron chi connectivity index (χ4n) is 1.21. The van der Waals surface area contributed by atoms with E-state index in [1.54, 1.807) is 6.08 Å². The summed E-state index contributed by atoms with van der Waals surface area (Å²) < 4.78 is 5.09. The van der Waals surface area contributed by atoms with Gasteiger partial charge in [-0.25, -0.2) is 4.79 Å². The van der Waals surface area contributed by atoms with Crippen molar-refractivity contribution in [3.05, 3.63) is 54.6 Å². The fourth-order valence-corrected chi connectivity index (χ4v) is 1.21.